The molecule has 3 rings (SSSR count). The minimum atomic E-state index is -0.375. The summed E-state index contributed by atoms with van der Waals surface area (Å²) in [4.78, 5) is 31.5. The highest BCUT2D eigenvalue weighted by Gasteiger charge is 2.32. The summed E-state index contributed by atoms with van der Waals surface area (Å²) in [7, 11) is 7.20. The van der Waals surface area contributed by atoms with Crippen molar-refractivity contribution in [3.8, 4) is 11.5 Å². The van der Waals surface area contributed by atoms with E-state index in [9.17, 15) is 14.7 Å². The number of hydrogen-bond acceptors (Lipinski definition) is 6. The second-order valence-electron chi connectivity index (χ2n) is 9.61. The van der Waals surface area contributed by atoms with Crippen LogP contribution in [0.1, 0.15) is 19.4 Å². The molecule has 0 unspecified atom stereocenters. The summed E-state index contributed by atoms with van der Waals surface area (Å²) in [6.45, 7) is 4.44. The Hall–Kier alpha value is -3.46. The monoisotopic (exact) mass is 498 g/mol. The van der Waals surface area contributed by atoms with Crippen molar-refractivity contribution < 1.29 is 24.2 Å². The molecule has 0 fully saturated rings. The van der Waals surface area contributed by atoms with E-state index in [1.807, 2.05) is 51.0 Å². The second kappa shape index (κ2) is 12.0. The molecule has 0 saturated heterocycles. The van der Waals surface area contributed by atoms with Crippen LogP contribution in [0.25, 0.3) is 0 Å². The summed E-state index contributed by atoms with van der Waals surface area (Å²) in [5.74, 6) is 1.18. The number of benzene rings is 2. The zero-order chi connectivity index (χ0) is 26.4. The van der Waals surface area contributed by atoms with Crippen LogP contribution >= 0.6 is 0 Å². The molecule has 0 saturated carbocycles. The minimum absolute atomic E-state index is 0.0598. The second-order valence-corrected chi connectivity index (χ2v) is 9.61. The molecule has 9 heteroatoms. The van der Waals surface area contributed by atoms with E-state index in [-0.39, 0.29) is 43.0 Å². The van der Waals surface area contributed by atoms with Gasteiger partial charge in [0.1, 0.15) is 17.6 Å². The van der Waals surface area contributed by atoms with Crippen molar-refractivity contribution in [2.24, 2.45) is 5.92 Å². The van der Waals surface area contributed by atoms with Gasteiger partial charge in [0.25, 0.3) is 0 Å². The Bertz CT molecular complexity index is 1040. The van der Waals surface area contributed by atoms with Gasteiger partial charge in [0.15, 0.2) is 0 Å². The van der Waals surface area contributed by atoms with E-state index >= 15 is 0 Å². The maximum absolute atomic E-state index is 13.3. The number of hydrogen-bond donors (Lipinski definition) is 2. The average Bonchev–Trinajstić information content (AvgIpc) is 2.91. The number of rotatable bonds is 7. The number of likely N-dealkylation sites (N-methyl/N-ethyl adjacent to an activating group) is 1. The highest BCUT2D eigenvalue weighted by atomic mass is 16.5. The van der Waals surface area contributed by atoms with Gasteiger partial charge in [-0.25, -0.2) is 4.79 Å². The van der Waals surface area contributed by atoms with Gasteiger partial charge in [-0.1, -0.05) is 6.92 Å². The number of anilines is 2. The standard InChI is InChI=1S/C27H38N4O5/c1-18-15-31(19(2)17-32)26(33)14-20-13-22(29(3)4)9-12-24(20)36-25(18)16-30(5)27(34)28-21-7-10-23(35-6)11-8-21/h7-13,18-19,25,32H,14-17H2,1-6H3,(H,28,34)/t18-,19+,25-/m1/s1. The first-order chi connectivity index (χ1) is 17.1. The van der Waals surface area contributed by atoms with E-state index in [0.29, 0.717) is 30.3 Å². The van der Waals surface area contributed by atoms with E-state index in [4.69, 9.17) is 9.47 Å². The number of urea groups is 1. The third kappa shape index (κ3) is 6.60. The Morgan fingerprint density at radius 1 is 1.22 bits per heavy atom. The Morgan fingerprint density at radius 2 is 1.92 bits per heavy atom. The first-order valence-electron chi connectivity index (χ1n) is 12.2. The molecule has 0 aliphatic carbocycles. The topological polar surface area (TPSA) is 94.6 Å². The minimum Gasteiger partial charge on any atom is -0.497 e. The Labute approximate surface area is 213 Å². The summed E-state index contributed by atoms with van der Waals surface area (Å²) in [6.07, 6.45) is -0.200. The molecule has 3 atom stereocenters. The molecular weight excluding hydrogens is 460 g/mol. The van der Waals surface area contributed by atoms with Gasteiger partial charge in [-0.05, 0) is 49.4 Å². The Balaban J connectivity index is 1.84. The smallest absolute Gasteiger partial charge is 0.321 e. The number of nitrogens with one attached hydrogen (secondary N) is 1. The third-order valence-electron chi connectivity index (χ3n) is 6.56. The van der Waals surface area contributed by atoms with E-state index in [0.717, 1.165) is 11.3 Å². The summed E-state index contributed by atoms with van der Waals surface area (Å²) in [6, 6.07) is 12.3. The molecule has 36 heavy (non-hydrogen) atoms. The lowest BCUT2D eigenvalue weighted by atomic mass is 10.0. The van der Waals surface area contributed by atoms with Crippen molar-refractivity contribution in [1.29, 1.82) is 0 Å². The van der Waals surface area contributed by atoms with Gasteiger partial charge in [-0.2, -0.15) is 0 Å². The van der Waals surface area contributed by atoms with Gasteiger partial charge < -0.3 is 34.6 Å². The number of amides is 3. The van der Waals surface area contributed by atoms with Crippen molar-refractivity contribution in [2.75, 3.05) is 58.2 Å². The normalized spacial score (nSPS) is 18.6. The lowest BCUT2D eigenvalue weighted by Gasteiger charge is -2.34. The highest BCUT2D eigenvalue weighted by molar-refractivity contribution is 5.89. The van der Waals surface area contributed by atoms with Crippen molar-refractivity contribution >= 4 is 23.3 Å². The largest absolute Gasteiger partial charge is 0.497 e. The number of aliphatic hydroxyl groups is 1. The van der Waals surface area contributed by atoms with E-state index < -0.39 is 0 Å². The molecule has 196 valence electrons. The van der Waals surface area contributed by atoms with Crippen LogP contribution in [-0.4, -0.2) is 86.9 Å². The fourth-order valence-electron chi connectivity index (χ4n) is 4.16. The molecule has 1 aliphatic rings. The SMILES string of the molecule is COc1ccc(NC(=O)N(C)C[C@H]2Oc3ccc(N(C)C)cc3CC(=O)N([C@@H](C)CO)C[C@H]2C)cc1. The fraction of sp³-hybridized carbons (Fsp3) is 0.481. The summed E-state index contributed by atoms with van der Waals surface area (Å²) in [5.41, 5.74) is 2.41. The first-order valence-corrected chi connectivity index (χ1v) is 12.2. The maximum atomic E-state index is 13.3. The molecule has 3 amide bonds. The molecule has 1 aliphatic heterocycles. The Kier molecular flexibility index (Phi) is 9.03. The molecule has 0 bridgehead atoms. The Morgan fingerprint density at radius 3 is 2.53 bits per heavy atom. The molecule has 2 aromatic carbocycles. The zero-order valence-corrected chi connectivity index (χ0v) is 22.0. The lowest BCUT2D eigenvalue weighted by Crippen LogP contribution is -2.48. The van der Waals surface area contributed by atoms with Gasteiger partial charge >= 0.3 is 6.03 Å². The fourth-order valence-corrected chi connectivity index (χ4v) is 4.16. The molecule has 0 spiro atoms. The lowest BCUT2D eigenvalue weighted by molar-refractivity contribution is -0.134. The van der Waals surface area contributed by atoms with Crippen molar-refractivity contribution in [2.45, 2.75) is 32.4 Å². The van der Waals surface area contributed by atoms with Crippen LogP contribution in [0, 0.1) is 5.92 Å². The average molecular weight is 499 g/mol. The number of aliphatic hydroxyl groups excluding tert-OH is 1. The third-order valence-corrected chi connectivity index (χ3v) is 6.56. The summed E-state index contributed by atoms with van der Waals surface area (Å²) >= 11 is 0. The number of carbonyl (C=O) groups is 2. The molecule has 1 heterocycles. The van der Waals surface area contributed by atoms with Crippen LogP contribution in [-0.2, 0) is 11.2 Å². The predicted octanol–water partition coefficient (Wildman–Crippen LogP) is 3.07. The van der Waals surface area contributed by atoms with Gasteiger partial charge in [0, 0.05) is 50.5 Å². The van der Waals surface area contributed by atoms with E-state index in [1.54, 1.807) is 48.2 Å². The quantitative estimate of drug-likeness (QED) is 0.609. The van der Waals surface area contributed by atoms with E-state index in [2.05, 4.69) is 5.32 Å². The zero-order valence-electron chi connectivity index (χ0n) is 22.0. The van der Waals surface area contributed by atoms with Gasteiger partial charge in [0.05, 0.1) is 32.7 Å². The number of carbonyl (C=O) groups excluding carboxylic acids is 2. The van der Waals surface area contributed by atoms with Crippen LogP contribution in [0.5, 0.6) is 11.5 Å². The number of methoxy groups -OCH3 is 1. The van der Waals surface area contributed by atoms with E-state index in [1.165, 1.54) is 0 Å². The molecule has 0 radical (unpaired) electrons. The van der Waals surface area contributed by atoms with Crippen molar-refractivity contribution in [3.05, 3.63) is 48.0 Å². The molecular formula is C27H38N4O5. The predicted molar refractivity (Wildman–Crippen MR) is 141 cm³/mol. The van der Waals surface area contributed by atoms with Crippen LogP contribution in [0.3, 0.4) is 0 Å². The summed E-state index contributed by atoms with van der Waals surface area (Å²) < 4.78 is 11.6. The number of nitrogens with zero attached hydrogens (tertiary/aromatic N) is 3. The molecule has 0 aromatic heterocycles. The van der Waals surface area contributed by atoms with Gasteiger partial charge in [-0.15, -0.1) is 0 Å². The van der Waals surface area contributed by atoms with Gasteiger partial charge in [0.2, 0.25) is 5.91 Å². The van der Waals surface area contributed by atoms with Gasteiger partial charge in [-0.3, -0.25) is 4.79 Å². The van der Waals surface area contributed by atoms with Crippen LogP contribution in [0.15, 0.2) is 42.5 Å². The molecule has 9 nitrogen and oxygen atoms in total. The first kappa shape index (κ1) is 27.1. The van der Waals surface area contributed by atoms with Crippen molar-refractivity contribution in [3.63, 3.8) is 0 Å². The summed E-state index contributed by atoms with van der Waals surface area (Å²) in [5, 5.41) is 12.7. The van der Waals surface area contributed by atoms with Crippen LogP contribution < -0.4 is 19.7 Å². The maximum Gasteiger partial charge on any atom is 0.321 e. The van der Waals surface area contributed by atoms with Crippen LogP contribution in [0.2, 0.25) is 0 Å². The number of ether oxygens (including phenoxy) is 2. The van der Waals surface area contributed by atoms with Crippen molar-refractivity contribution in [1.82, 2.24) is 9.80 Å². The number of fused-ring (bicyclic) bond motifs is 1. The highest BCUT2D eigenvalue weighted by Crippen LogP contribution is 2.30. The molecule has 2 N–H and O–H groups in total. The van der Waals surface area contributed by atoms with Crippen LogP contribution in [0.4, 0.5) is 16.2 Å². The molecule has 2 aromatic rings.